The van der Waals surface area contributed by atoms with E-state index in [4.69, 9.17) is 0 Å². The molecule has 2 aromatic carbocycles. The van der Waals surface area contributed by atoms with Crippen LogP contribution in [0.3, 0.4) is 0 Å². The molecule has 2 saturated heterocycles. The van der Waals surface area contributed by atoms with Crippen molar-refractivity contribution in [1.29, 1.82) is 0 Å². The van der Waals surface area contributed by atoms with Crippen LogP contribution in [0.4, 0.5) is 15.9 Å². The first-order chi connectivity index (χ1) is 16.7. The lowest BCUT2D eigenvalue weighted by Gasteiger charge is -2.36. The van der Waals surface area contributed by atoms with Crippen LogP contribution >= 0.6 is 0 Å². The average molecular weight is 460 g/mol. The number of piperidine rings is 1. The minimum Gasteiger partial charge on any atom is -0.368 e. The number of rotatable bonds is 5. The van der Waals surface area contributed by atoms with Crippen molar-refractivity contribution in [3.05, 3.63) is 83.8 Å². The topological polar surface area (TPSA) is 52.6 Å². The molecule has 2 aliphatic heterocycles. The van der Waals surface area contributed by atoms with Crippen molar-refractivity contribution in [1.82, 2.24) is 15.1 Å². The molecular weight excluding hydrogens is 429 g/mol. The van der Waals surface area contributed by atoms with Crippen LogP contribution in [0.1, 0.15) is 28.9 Å². The second-order valence-electron chi connectivity index (χ2n) is 9.15. The van der Waals surface area contributed by atoms with Crippen LogP contribution in [0.2, 0.25) is 0 Å². The Labute approximate surface area is 200 Å². The minimum absolute atomic E-state index is 0.0839. The molecule has 0 atom stereocenters. The first-order valence-corrected chi connectivity index (χ1v) is 12.1. The van der Waals surface area contributed by atoms with Gasteiger partial charge in [-0.05, 0) is 67.1 Å². The predicted octanol–water partition coefficient (Wildman–Crippen LogP) is 4.04. The summed E-state index contributed by atoms with van der Waals surface area (Å²) < 4.78 is 13.2. The van der Waals surface area contributed by atoms with Gasteiger partial charge in [-0.2, -0.15) is 0 Å². The van der Waals surface area contributed by atoms with Crippen molar-refractivity contribution >= 4 is 17.4 Å². The van der Waals surface area contributed by atoms with Gasteiger partial charge in [0.1, 0.15) is 5.82 Å². The first kappa shape index (κ1) is 22.3. The fourth-order valence-electron chi connectivity index (χ4n) is 4.90. The van der Waals surface area contributed by atoms with Crippen LogP contribution in [0, 0.1) is 11.7 Å². The zero-order chi connectivity index (χ0) is 23.3. The number of benzene rings is 2. The van der Waals surface area contributed by atoms with Gasteiger partial charge < -0.3 is 14.7 Å². The molecule has 7 heteroatoms. The van der Waals surface area contributed by atoms with E-state index in [9.17, 15) is 9.18 Å². The van der Waals surface area contributed by atoms with Crippen molar-refractivity contribution in [3.8, 4) is 0 Å². The third-order valence-corrected chi connectivity index (χ3v) is 6.93. The molecule has 0 aliphatic carbocycles. The van der Waals surface area contributed by atoms with Gasteiger partial charge in [-0.1, -0.05) is 30.3 Å². The van der Waals surface area contributed by atoms with E-state index >= 15 is 0 Å². The standard InChI is InChI=1S/C27H30FN5O/c28-23-6-8-24(9-7-23)31-16-18-33(19-17-31)27(34)25-10-11-26(30-29-25)32-14-12-22(13-15-32)20-21-4-2-1-3-5-21/h1-11,22H,12-20H2. The highest BCUT2D eigenvalue weighted by atomic mass is 19.1. The highest BCUT2D eigenvalue weighted by Gasteiger charge is 2.25. The number of amides is 1. The van der Waals surface area contributed by atoms with E-state index in [0.29, 0.717) is 37.8 Å². The van der Waals surface area contributed by atoms with Crippen molar-refractivity contribution in [2.45, 2.75) is 19.3 Å². The number of halogens is 1. The number of carbonyl (C=O) groups is 1. The molecule has 0 bridgehead atoms. The molecule has 0 saturated carbocycles. The molecule has 1 aromatic heterocycles. The van der Waals surface area contributed by atoms with Crippen LogP contribution in [0.5, 0.6) is 0 Å². The zero-order valence-electron chi connectivity index (χ0n) is 19.3. The summed E-state index contributed by atoms with van der Waals surface area (Å²) in [5.74, 6) is 1.22. The quantitative estimate of drug-likeness (QED) is 0.577. The Bertz CT molecular complexity index is 1070. The lowest BCUT2D eigenvalue weighted by molar-refractivity contribution is 0.0739. The molecule has 3 heterocycles. The summed E-state index contributed by atoms with van der Waals surface area (Å²) in [6.45, 7) is 4.56. The molecule has 3 aromatic rings. The summed E-state index contributed by atoms with van der Waals surface area (Å²) in [6.07, 6.45) is 3.40. The summed E-state index contributed by atoms with van der Waals surface area (Å²) in [7, 11) is 0. The maximum Gasteiger partial charge on any atom is 0.274 e. The van der Waals surface area contributed by atoms with E-state index < -0.39 is 0 Å². The molecule has 6 nitrogen and oxygen atoms in total. The van der Waals surface area contributed by atoms with Gasteiger partial charge in [0.15, 0.2) is 11.5 Å². The number of hydrogen-bond donors (Lipinski definition) is 0. The predicted molar refractivity (Wildman–Crippen MR) is 132 cm³/mol. The monoisotopic (exact) mass is 459 g/mol. The molecule has 2 aliphatic rings. The summed E-state index contributed by atoms with van der Waals surface area (Å²) in [5, 5.41) is 8.65. The third-order valence-electron chi connectivity index (χ3n) is 6.93. The third kappa shape index (κ3) is 5.19. The number of nitrogens with zero attached hydrogens (tertiary/aromatic N) is 5. The van der Waals surface area contributed by atoms with Crippen molar-refractivity contribution in [3.63, 3.8) is 0 Å². The van der Waals surface area contributed by atoms with Crippen LogP contribution in [0.25, 0.3) is 0 Å². The van der Waals surface area contributed by atoms with E-state index in [-0.39, 0.29) is 11.7 Å². The van der Waals surface area contributed by atoms with Gasteiger partial charge in [0.25, 0.3) is 5.91 Å². The minimum atomic E-state index is -0.240. The summed E-state index contributed by atoms with van der Waals surface area (Å²) in [5.41, 5.74) is 2.77. The highest BCUT2D eigenvalue weighted by Crippen LogP contribution is 2.25. The van der Waals surface area contributed by atoms with E-state index in [1.807, 2.05) is 11.0 Å². The molecule has 0 radical (unpaired) electrons. The van der Waals surface area contributed by atoms with Crippen LogP contribution in [-0.4, -0.2) is 60.3 Å². The molecule has 5 rings (SSSR count). The Morgan fingerprint density at radius 2 is 1.50 bits per heavy atom. The van der Waals surface area contributed by atoms with Gasteiger partial charge in [-0.25, -0.2) is 4.39 Å². The van der Waals surface area contributed by atoms with Crippen molar-refractivity contribution in [2.24, 2.45) is 5.92 Å². The zero-order valence-corrected chi connectivity index (χ0v) is 19.3. The SMILES string of the molecule is O=C(c1ccc(N2CCC(Cc3ccccc3)CC2)nn1)N1CCN(c2ccc(F)cc2)CC1. The Hall–Kier alpha value is -3.48. The number of anilines is 2. The molecule has 0 unspecified atom stereocenters. The number of piperazine rings is 1. The molecule has 34 heavy (non-hydrogen) atoms. The highest BCUT2D eigenvalue weighted by molar-refractivity contribution is 5.92. The van der Waals surface area contributed by atoms with Gasteiger partial charge in [0, 0.05) is 45.0 Å². The van der Waals surface area contributed by atoms with Crippen molar-refractivity contribution < 1.29 is 9.18 Å². The largest absolute Gasteiger partial charge is 0.368 e. The van der Waals surface area contributed by atoms with Gasteiger partial charge in [-0.15, -0.1) is 10.2 Å². The Morgan fingerprint density at radius 3 is 2.15 bits per heavy atom. The first-order valence-electron chi connectivity index (χ1n) is 12.1. The second kappa shape index (κ2) is 10.2. The fraction of sp³-hybridized carbons (Fsp3) is 0.370. The van der Waals surface area contributed by atoms with E-state index in [2.05, 4.69) is 50.3 Å². The normalized spacial score (nSPS) is 17.1. The van der Waals surface area contributed by atoms with Gasteiger partial charge in [0.2, 0.25) is 0 Å². The van der Waals surface area contributed by atoms with E-state index in [1.54, 1.807) is 18.2 Å². The van der Waals surface area contributed by atoms with E-state index in [0.717, 1.165) is 43.9 Å². The molecular formula is C27H30FN5O. The number of hydrogen-bond acceptors (Lipinski definition) is 5. The average Bonchev–Trinajstić information content (AvgIpc) is 2.90. The maximum absolute atomic E-state index is 13.2. The molecule has 0 spiro atoms. The lowest BCUT2D eigenvalue weighted by Crippen LogP contribution is -2.49. The van der Waals surface area contributed by atoms with E-state index in [1.165, 1.54) is 17.7 Å². The Morgan fingerprint density at radius 1 is 0.794 bits per heavy atom. The second-order valence-corrected chi connectivity index (χ2v) is 9.15. The molecule has 2 fully saturated rings. The van der Waals surface area contributed by atoms with Crippen LogP contribution in [-0.2, 0) is 6.42 Å². The summed E-state index contributed by atoms with van der Waals surface area (Å²) in [4.78, 5) is 19.2. The summed E-state index contributed by atoms with van der Waals surface area (Å²) in [6, 6.07) is 20.9. The summed E-state index contributed by atoms with van der Waals surface area (Å²) >= 11 is 0. The molecule has 1 amide bonds. The van der Waals surface area contributed by atoms with Crippen LogP contribution in [0.15, 0.2) is 66.7 Å². The molecule has 176 valence electrons. The fourth-order valence-corrected chi connectivity index (χ4v) is 4.90. The van der Waals surface area contributed by atoms with Gasteiger partial charge in [0.05, 0.1) is 0 Å². The van der Waals surface area contributed by atoms with Crippen molar-refractivity contribution in [2.75, 3.05) is 49.1 Å². The lowest BCUT2D eigenvalue weighted by atomic mass is 9.90. The smallest absolute Gasteiger partial charge is 0.274 e. The van der Waals surface area contributed by atoms with Crippen LogP contribution < -0.4 is 9.80 Å². The Balaban J connectivity index is 1.12. The number of aromatic nitrogens is 2. The Kier molecular flexibility index (Phi) is 6.70. The number of carbonyl (C=O) groups excluding carboxylic acids is 1. The molecule has 0 N–H and O–H groups in total. The van der Waals surface area contributed by atoms with Gasteiger partial charge >= 0.3 is 0 Å². The maximum atomic E-state index is 13.2. The van der Waals surface area contributed by atoms with Gasteiger partial charge in [-0.3, -0.25) is 4.79 Å².